The fourth-order valence-corrected chi connectivity index (χ4v) is 4.01. The lowest BCUT2D eigenvalue weighted by Crippen LogP contribution is -2.60. The van der Waals surface area contributed by atoms with E-state index < -0.39 is 0 Å². The number of hydrogen-bond donors (Lipinski definition) is 1. The van der Waals surface area contributed by atoms with Gasteiger partial charge in [0.25, 0.3) is 0 Å². The maximum Gasteiger partial charge on any atom is 0.125 e. The molecule has 1 aliphatic carbocycles. The summed E-state index contributed by atoms with van der Waals surface area (Å²) >= 11 is 0. The number of anilines is 1. The lowest BCUT2D eigenvalue weighted by atomic mass is 9.70. The molecule has 2 rings (SSSR count). The molecule has 1 aromatic rings. The Balaban J connectivity index is 2.40. The highest BCUT2D eigenvalue weighted by molar-refractivity contribution is 5.50. The standard InChI is InChI=1S/C17H27FN2/c1-3-14-8-5-6-11-17(14,13-19)20(4-2)16-10-7-9-15(18)12-16/h7,9-10,12,14H,3-6,8,11,13,19H2,1-2H3. The normalized spacial score (nSPS) is 26.5. The topological polar surface area (TPSA) is 29.3 Å². The highest BCUT2D eigenvalue weighted by atomic mass is 19.1. The first-order chi connectivity index (χ1) is 9.67. The zero-order valence-corrected chi connectivity index (χ0v) is 12.7. The molecular weight excluding hydrogens is 251 g/mol. The van der Waals surface area contributed by atoms with E-state index in [1.54, 1.807) is 12.1 Å². The van der Waals surface area contributed by atoms with E-state index in [1.807, 2.05) is 6.07 Å². The largest absolute Gasteiger partial charge is 0.364 e. The first-order valence-electron chi connectivity index (χ1n) is 7.91. The lowest BCUT2D eigenvalue weighted by Gasteiger charge is -2.52. The maximum atomic E-state index is 13.6. The second kappa shape index (κ2) is 6.57. The zero-order valence-electron chi connectivity index (χ0n) is 12.7. The fourth-order valence-electron chi connectivity index (χ4n) is 4.01. The van der Waals surface area contributed by atoms with Crippen molar-refractivity contribution in [1.82, 2.24) is 0 Å². The fraction of sp³-hybridized carbons (Fsp3) is 0.647. The van der Waals surface area contributed by atoms with Crippen LogP contribution in [0.4, 0.5) is 10.1 Å². The second-order valence-electron chi connectivity index (χ2n) is 5.88. The molecule has 2 N–H and O–H groups in total. The van der Waals surface area contributed by atoms with Gasteiger partial charge >= 0.3 is 0 Å². The number of hydrogen-bond acceptors (Lipinski definition) is 2. The number of nitrogens with zero attached hydrogens (tertiary/aromatic N) is 1. The minimum atomic E-state index is -0.169. The highest BCUT2D eigenvalue weighted by Gasteiger charge is 2.43. The molecule has 0 spiro atoms. The van der Waals surface area contributed by atoms with E-state index in [0.717, 1.165) is 25.1 Å². The number of benzene rings is 1. The Morgan fingerprint density at radius 3 is 2.75 bits per heavy atom. The van der Waals surface area contributed by atoms with Crippen LogP contribution in [-0.2, 0) is 0 Å². The molecule has 0 saturated heterocycles. The molecule has 1 aliphatic rings. The smallest absolute Gasteiger partial charge is 0.125 e. The average molecular weight is 278 g/mol. The number of halogens is 1. The molecule has 2 unspecified atom stereocenters. The van der Waals surface area contributed by atoms with Gasteiger partial charge < -0.3 is 10.6 Å². The van der Waals surface area contributed by atoms with Crippen LogP contribution in [0.3, 0.4) is 0 Å². The van der Waals surface area contributed by atoms with Crippen molar-refractivity contribution in [2.24, 2.45) is 11.7 Å². The number of rotatable bonds is 5. The molecule has 0 aliphatic heterocycles. The lowest BCUT2D eigenvalue weighted by molar-refractivity contribution is 0.177. The maximum absolute atomic E-state index is 13.6. The molecule has 20 heavy (non-hydrogen) atoms. The van der Waals surface area contributed by atoms with Gasteiger partial charge in [-0.25, -0.2) is 4.39 Å². The Morgan fingerprint density at radius 2 is 2.15 bits per heavy atom. The Labute approximate surface area is 122 Å². The van der Waals surface area contributed by atoms with Gasteiger partial charge in [-0.2, -0.15) is 0 Å². The van der Waals surface area contributed by atoms with Gasteiger partial charge in [-0.15, -0.1) is 0 Å². The van der Waals surface area contributed by atoms with Crippen LogP contribution >= 0.6 is 0 Å². The predicted molar refractivity (Wildman–Crippen MR) is 83.5 cm³/mol. The van der Waals surface area contributed by atoms with E-state index in [2.05, 4.69) is 18.7 Å². The summed E-state index contributed by atoms with van der Waals surface area (Å²) in [4.78, 5) is 2.35. The Kier molecular flexibility index (Phi) is 5.03. The second-order valence-corrected chi connectivity index (χ2v) is 5.88. The van der Waals surface area contributed by atoms with E-state index >= 15 is 0 Å². The van der Waals surface area contributed by atoms with Gasteiger partial charge in [-0.1, -0.05) is 32.3 Å². The van der Waals surface area contributed by atoms with Crippen molar-refractivity contribution in [1.29, 1.82) is 0 Å². The summed E-state index contributed by atoms with van der Waals surface area (Å²) in [7, 11) is 0. The molecule has 2 atom stereocenters. The molecule has 0 radical (unpaired) electrons. The van der Waals surface area contributed by atoms with Crippen LogP contribution in [0.15, 0.2) is 24.3 Å². The van der Waals surface area contributed by atoms with Crippen molar-refractivity contribution < 1.29 is 4.39 Å². The van der Waals surface area contributed by atoms with Crippen LogP contribution in [0, 0.1) is 11.7 Å². The van der Waals surface area contributed by atoms with Crippen LogP contribution in [-0.4, -0.2) is 18.6 Å². The van der Waals surface area contributed by atoms with Crippen molar-refractivity contribution in [3.05, 3.63) is 30.1 Å². The van der Waals surface area contributed by atoms with Crippen LogP contribution in [0.5, 0.6) is 0 Å². The Hall–Kier alpha value is -1.09. The first-order valence-corrected chi connectivity index (χ1v) is 7.91. The Bertz CT molecular complexity index is 435. The third kappa shape index (κ3) is 2.69. The van der Waals surface area contributed by atoms with E-state index in [1.165, 1.54) is 25.3 Å². The molecular formula is C17H27FN2. The summed E-state index contributed by atoms with van der Waals surface area (Å²) in [6.07, 6.45) is 6.01. The van der Waals surface area contributed by atoms with Gasteiger partial charge in [0, 0.05) is 18.8 Å². The summed E-state index contributed by atoms with van der Waals surface area (Å²) in [5, 5.41) is 0. The first kappa shape index (κ1) is 15.3. The van der Waals surface area contributed by atoms with Crippen LogP contribution in [0.1, 0.15) is 46.0 Å². The molecule has 0 aromatic heterocycles. The SMILES string of the molecule is CCC1CCCCC1(CN)N(CC)c1cccc(F)c1. The summed E-state index contributed by atoms with van der Waals surface area (Å²) in [5.74, 6) is 0.432. The molecule has 1 fully saturated rings. The van der Waals surface area contributed by atoms with Gasteiger partial charge in [0.15, 0.2) is 0 Å². The third-order valence-electron chi connectivity index (χ3n) is 4.99. The van der Waals surface area contributed by atoms with Gasteiger partial charge in [0.1, 0.15) is 5.82 Å². The van der Waals surface area contributed by atoms with Crippen molar-refractivity contribution in [2.45, 2.75) is 51.5 Å². The van der Waals surface area contributed by atoms with Crippen molar-refractivity contribution in [3.8, 4) is 0 Å². The molecule has 0 bridgehead atoms. The van der Waals surface area contributed by atoms with Gasteiger partial charge in [0.2, 0.25) is 0 Å². The quantitative estimate of drug-likeness (QED) is 0.883. The number of nitrogens with two attached hydrogens (primary N) is 1. The minimum Gasteiger partial charge on any atom is -0.364 e. The van der Waals surface area contributed by atoms with E-state index in [-0.39, 0.29) is 11.4 Å². The van der Waals surface area contributed by atoms with Crippen molar-refractivity contribution in [3.63, 3.8) is 0 Å². The summed E-state index contributed by atoms with van der Waals surface area (Å²) in [5.41, 5.74) is 7.19. The molecule has 0 amide bonds. The average Bonchev–Trinajstić information content (AvgIpc) is 2.48. The predicted octanol–water partition coefficient (Wildman–Crippen LogP) is 3.95. The van der Waals surface area contributed by atoms with Crippen LogP contribution < -0.4 is 10.6 Å². The monoisotopic (exact) mass is 278 g/mol. The van der Waals surface area contributed by atoms with Crippen molar-refractivity contribution >= 4 is 5.69 Å². The molecule has 2 nitrogen and oxygen atoms in total. The van der Waals surface area contributed by atoms with Crippen LogP contribution in [0.2, 0.25) is 0 Å². The van der Waals surface area contributed by atoms with Gasteiger partial charge in [0.05, 0.1) is 5.54 Å². The molecule has 1 saturated carbocycles. The van der Waals surface area contributed by atoms with E-state index in [0.29, 0.717) is 12.5 Å². The molecule has 3 heteroatoms. The number of likely N-dealkylation sites (N-methyl/N-ethyl adjacent to an activating group) is 1. The summed E-state index contributed by atoms with van der Waals surface area (Å²) < 4.78 is 13.6. The highest BCUT2D eigenvalue weighted by Crippen LogP contribution is 2.41. The van der Waals surface area contributed by atoms with Gasteiger partial charge in [-0.05, 0) is 43.9 Å². The van der Waals surface area contributed by atoms with Gasteiger partial charge in [-0.3, -0.25) is 0 Å². The minimum absolute atomic E-state index is 0.00442. The Morgan fingerprint density at radius 1 is 1.35 bits per heavy atom. The van der Waals surface area contributed by atoms with E-state index in [4.69, 9.17) is 5.73 Å². The zero-order chi connectivity index (χ0) is 14.6. The third-order valence-corrected chi connectivity index (χ3v) is 4.99. The molecule has 1 aromatic carbocycles. The van der Waals surface area contributed by atoms with E-state index in [9.17, 15) is 4.39 Å². The van der Waals surface area contributed by atoms with Crippen molar-refractivity contribution in [2.75, 3.05) is 18.0 Å². The van der Waals surface area contributed by atoms with Crippen LogP contribution in [0.25, 0.3) is 0 Å². The summed E-state index contributed by atoms with van der Waals surface area (Å²) in [6.45, 7) is 5.91. The molecule has 112 valence electrons. The molecule has 0 heterocycles. The summed E-state index contributed by atoms with van der Waals surface area (Å²) in [6, 6.07) is 6.94.